The van der Waals surface area contributed by atoms with Gasteiger partial charge >= 0.3 is 0 Å². The molecule has 2 N–H and O–H groups in total. The minimum Gasteiger partial charge on any atom is -0.354 e. The van der Waals surface area contributed by atoms with E-state index in [4.69, 9.17) is 0 Å². The van der Waals surface area contributed by atoms with Crippen molar-refractivity contribution in [3.63, 3.8) is 0 Å². The van der Waals surface area contributed by atoms with Crippen LogP contribution >= 0.6 is 11.8 Å². The van der Waals surface area contributed by atoms with Gasteiger partial charge in [0.1, 0.15) is 5.69 Å². The highest BCUT2D eigenvalue weighted by Crippen LogP contribution is 2.33. The molecule has 1 saturated carbocycles. The number of aryl methyl sites for hydroxylation is 2. The van der Waals surface area contributed by atoms with Crippen LogP contribution in [0.4, 0.5) is 0 Å². The molecule has 2 aliphatic carbocycles. The van der Waals surface area contributed by atoms with E-state index in [1.165, 1.54) is 0 Å². The first-order chi connectivity index (χ1) is 13.0. The number of aromatic nitrogens is 3. The molecule has 0 spiro atoms. The standard InChI is InChI=1S/C20H26N4O2S/c1-12-17-15(4-3-5-16(17)25)23-18(12)19(26)22-13-6-8-14(9-7-13)27-20-21-10-11-24(20)2/h10-11,13-14,23H,3-9H2,1-2H3,(H,22,26). The molecule has 0 unspecified atom stereocenters. The van der Waals surface area contributed by atoms with Crippen LogP contribution in [0.2, 0.25) is 0 Å². The van der Waals surface area contributed by atoms with Crippen molar-refractivity contribution in [3.05, 3.63) is 34.9 Å². The van der Waals surface area contributed by atoms with Crippen LogP contribution in [0.15, 0.2) is 17.6 Å². The minimum absolute atomic E-state index is 0.0742. The van der Waals surface area contributed by atoms with Gasteiger partial charge in [0, 0.05) is 48.4 Å². The van der Waals surface area contributed by atoms with E-state index in [0.717, 1.165) is 60.5 Å². The molecule has 1 amide bonds. The summed E-state index contributed by atoms with van der Waals surface area (Å²) in [5.74, 6) is 0.0887. The average molecular weight is 387 g/mol. The van der Waals surface area contributed by atoms with Gasteiger partial charge < -0.3 is 14.9 Å². The molecule has 0 bridgehead atoms. The molecule has 2 aromatic heterocycles. The lowest BCUT2D eigenvalue weighted by Gasteiger charge is -2.28. The normalized spacial score (nSPS) is 22.5. The number of thioether (sulfide) groups is 1. The molecule has 0 saturated heterocycles. The third-order valence-electron chi connectivity index (χ3n) is 5.72. The quantitative estimate of drug-likeness (QED) is 0.844. The van der Waals surface area contributed by atoms with Crippen molar-refractivity contribution in [2.45, 2.75) is 68.3 Å². The number of carbonyl (C=O) groups excluding carboxylic acids is 2. The molecule has 6 nitrogen and oxygen atoms in total. The fourth-order valence-electron chi connectivity index (χ4n) is 4.20. The summed E-state index contributed by atoms with van der Waals surface area (Å²) >= 11 is 1.83. The molecule has 0 radical (unpaired) electrons. The summed E-state index contributed by atoms with van der Waals surface area (Å²) in [4.78, 5) is 32.5. The van der Waals surface area contributed by atoms with E-state index >= 15 is 0 Å². The summed E-state index contributed by atoms with van der Waals surface area (Å²) < 4.78 is 2.05. The summed E-state index contributed by atoms with van der Waals surface area (Å²) in [5, 5.41) is 4.79. The number of ketones is 1. The Balaban J connectivity index is 1.35. The number of carbonyl (C=O) groups is 2. The number of nitrogens with one attached hydrogen (secondary N) is 2. The van der Waals surface area contributed by atoms with E-state index in [1.807, 2.05) is 38.1 Å². The lowest BCUT2D eigenvalue weighted by atomic mass is 9.93. The van der Waals surface area contributed by atoms with E-state index in [9.17, 15) is 9.59 Å². The van der Waals surface area contributed by atoms with Gasteiger partial charge in [-0.3, -0.25) is 9.59 Å². The van der Waals surface area contributed by atoms with Gasteiger partial charge in [-0.25, -0.2) is 4.98 Å². The molecule has 7 heteroatoms. The zero-order valence-corrected chi connectivity index (χ0v) is 16.7. The average Bonchev–Trinajstić information content (AvgIpc) is 3.21. The molecular formula is C20H26N4O2S. The number of hydrogen-bond acceptors (Lipinski definition) is 4. The van der Waals surface area contributed by atoms with Crippen LogP contribution in [0.5, 0.6) is 0 Å². The topological polar surface area (TPSA) is 79.8 Å². The third-order valence-corrected chi connectivity index (χ3v) is 7.13. The molecule has 0 atom stereocenters. The van der Waals surface area contributed by atoms with E-state index in [2.05, 4.69) is 19.9 Å². The van der Waals surface area contributed by atoms with Crippen molar-refractivity contribution in [1.29, 1.82) is 0 Å². The van der Waals surface area contributed by atoms with Gasteiger partial charge in [0.15, 0.2) is 10.9 Å². The molecule has 0 aliphatic heterocycles. The second kappa shape index (κ2) is 7.54. The fraction of sp³-hybridized carbons (Fsp3) is 0.550. The number of hydrogen-bond donors (Lipinski definition) is 2. The maximum atomic E-state index is 12.8. The highest BCUT2D eigenvalue weighted by Gasteiger charge is 2.29. The molecule has 144 valence electrons. The van der Waals surface area contributed by atoms with Gasteiger partial charge in [-0.1, -0.05) is 11.8 Å². The number of amides is 1. The summed E-state index contributed by atoms with van der Waals surface area (Å²) in [7, 11) is 2.02. The smallest absolute Gasteiger partial charge is 0.268 e. The molecule has 2 aliphatic rings. The number of nitrogens with zero attached hydrogens (tertiary/aromatic N) is 2. The third kappa shape index (κ3) is 3.70. The molecule has 2 aromatic rings. The van der Waals surface area contributed by atoms with Gasteiger partial charge in [0.2, 0.25) is 0 Å². The maximum Gasteiger partial charge on any atom is 0.268 e. The summed E-state index contributed by atoms with van der Waals surface area (Å²) in [5.41, 5.74) is 3.07. The summed E-state index contributed by atoms with van der Waals surface area (Å²) in [6.45, 7) is 1.88. The predicted molar refractivity (Wildman–Crippen MR) is 105 cm³/mol. The lowest BCUT2D eigenvalue weighted by molar-refractivity contribution is 0.0922. The SMILES string of the molecule is Cc1c(C(=O)NC2CCC(Sc3nccn3C)CC2)[nH]c2c1C(=O)CCC2. The monoisotopic (exact) mass is 386 g/mol. The van der Waals surface area contributed by atoms with Crippen LogP contribution in [-0.2, 0) is 13.5 Å². The van der Waals surface area contributed by atoms with Crippen molar-refractivity contribution in [1.82, 2.24) is 19.9 Å². The Labute approximate surface area is 163 Å². The number of rotatable bonds is 4. The number of imidazole rings is 1. The molecule has 0 aromatic carbocycles. The highest BCUT2D eigenvalue weighted by atomic mass is 32.2. The van der Waals surface area contributed by atoms with E-state index in [-0.39, 0.29) is 17.7 Å². The van der Waals surface area contributed by atoms with E-state index in [0.29, 0.717) is 17.4 Å². The van der Waals surface area contributed by atoms with Crippen LogP contribution in [0.3, 0.4) is 0 Å². The minimum atomic E-state index is -0.0742. The zero-order chi connectivity index (χ0) is 19.0. The summed E-state index contributed by atoms with van der Waals surface area (Å²) in [6.07, 6.45) is 10.2. The zero-order valence-electron chi connectivity index (χ0n) is 15.9. The molecular weight excluding hydrogens is 360 g/mol. The second-order valence-electron chi connectivity index (χ2n) is 7.64. The van der Waals surface area contributed by atoms with Crippen LogP contribution in [0.25, 0.3) is 0 Å². The number of H-pyrrole nitrogens is 1. The van der Waals surface area contributed by atoms with Gasteiger partial charge in [0.25, 0.3) is 5.91 Å². The van der Waals surface area contributed by atoms with Crippen molar-refractivity contribution in [2.75, 3.05) is 0 Å². The Morgan fingerprint density at radius 2 is 2.07 bits per heavy atom. The Hall–Kier alpha value is -2.02. The van der Waals surface area contributed by atoms with Gasteiger partial charge in [-0.2, -0.15) is 0 Å². The van der Waals surface area contributed by atoms with Gasteiger partial charge in [-0.05, 0) is 51.0 Å². The van der Waals surface area contributed by atoms with Crippen LogP contribution in [0.1, 0.15) is 70.6 Å². The lowest BCUT2D eigenvalue weighted by Crippen LogP contribution is -2.38. The molecule has 4 rings (SSSR count). The van der Waals surface area contributed by atoms with Crippen molar-refractivity contribution >= 4 is 23.5 Å². The largest absolute Gasteiger partial charge is 0.354 e. The van der Waals surface area contributed by atoms with E-state index in [1.54, 1.807) is 0 Å². The summed E-state index contributed by atoms with van der Waals surface area (Å²) in [6, 6.07) is 0.200. The predicted octanol–water partition coefficient (Wildman–Crippen LogP) is 3.41. The van der Waals surface area contributed by atoms with Crippen LogP contribution < -0.4 is 5.32 Å². The molecule has 2 heterocycles. The Morgan fingerprint density at radius 3 is 2.74 bits per heavy atom. The first-order valence-corrected chi connectivity index (χ1v) is 10.6. The van der Waals surface area contributed by atoms with Crippen molar-refractivity contribution in [3.8, 4) is 0 Å². The highest BCUT2D eigenvalue weighted by molar-refractivity contribution is 7.99. The Bertz CT molecular complexity index is 861. The first-order valence-electron chi connectivity index (χ1n) is 9.72. The number of aromatic amines is 1. The Morgan fingerprint density at radius 1 is 1.30 bits per heavy atom. The van der Waals surface area contributed by atoms with Crippen LogP contribution in [0, 0.1) is 6.92 Å². The second-order valence-corrected chi connectivity index (χ2v) is 8.91. The van der Waals surface area contributed by atoms with Crippen molar-refractivity contribution in [2.24, 2.45) is 7.05 Å². The number of fused-ring (bicyclic) bond motifs is 1. The van der Waals surface area contributed by atoms with Crippen LogP contribution in [-0.4, -0.2) is 37.5 Å². The fourth-order valence-corrected chi connectivity index (χ4v) is 5.35. The van der Waals surface area contributed by atoms with E-state index < -0.39 is 0 Å². The molecule has 27 heavy (non-hydrogen) atoms. The maximum absolute atomic E-state index is 12.8. The van der Waals surface area contributed by atoms with Crippen molar-refractivity contribution < 1.29 is 9.59 Å². The molecule has 1 fully saturated rings. The first kappa shape index (κ1) is 18.3. The Kier molecular flexibility index (Phi) is 5.12. The van der Waals surface area contributed by atoms with Gasteiger partial charge in [-0.15, -0.1) is 0 Å². The van der Waals surface area contributed by atoms with Gasteiger partial charge in [0.05, 0.1) is 0 Å². The number of Topliss-reactive ketones (excluding diaryl/α,β-unsaturated/α-hetero) is 1.